The van der Waals surface area contributed by atoms with E-state index in [0.717, 1.165) is 6.42 Å². The highest BCUT2D eigenvalue weighted by Gasteiger charge is 2.28. The molecule has 2 heterocycles. The largest absolute Gasteiger partial charge is 0.475 e. The minimum Gasteiger partial charge on any atom is -0.475 e. The summed E-state index contributed by atoms with van der Waals surface area (Å²) in [7, 11) is 1.59. The number of hydrogen-bond acceptors (Lipinski definition) is 6. The van der Waals surface area contributed by atoms with Crippen molar-refractivity contribution in [2.45, 2.75) is 26.2 Å². The van der Waals surface area contributed by atoms with Gasteiger partial charge >= 0.3 is 0 Å². The zero-order chi connectivity index (χ0) is 17.8. The third kappa shape index (κ3) is 3.71. The van der Waals surface area contributed by atoms with Gasteiger partial charge in [0.25, 0.3) is 5.91 Å². The first-order chi connectivity index (χ1) is 12.1. The Hall–Kier alpha value is -2.67. The number of amides is 1. The maximum Gasteiger partial charge on any atom is 0.291 e. The number of ketones is 1. The molecule has 0 fully saturated rings. The van der Waals surface area contributed by atoms with Gasteiger partial charge in [-0.1, -0.05) is 0 Å². The number of hydrogen-bond donors (Lipinski definition) is 1. The number of carbonyl (C=O) groups is 2. The molecule has 0 atom stereocenters. The summed E-state index contributed by atoms with van der Waals surface area (Å²) >= 11 is 0. The van der Waals surface area contributed by atoms with E-state index in [1.54, 1.807) is 26.2 Å². The number of carbonyl (C=O) groups excluding carboxylic acids is 2. The van der Waals surface area contributed by atoms with Gasteiger partial charge < -0.3 is 19.2 Å². The van der Waals surface area contributed by atoms with Gasteiger partial charge in [0, 0.05) is 31.6 Å². The van der Waals surface area contributed by atoms with Crippen LogP contribution in [0.15, 0.2) is 22.7 Å². The van der Waals surface area contributed by atoms with Crippen molar-refractivity contribution in [3.63, 3.8) is 0 Å². The molecule has 25 heavy (non-hydrogen) atoms. The van der Waals surface area contributed by atoms with Crippen LogP contribution in [0.1, 0.15) is 45.1 Å². The smallest absolute Gasteiger partial charge is 0.291 e. The summed E-state index contributed by atoms with van der Waals surface area (Å²) < 4.78 is 15.9. The van der Waals surface area contributed by atoms with Gasteiger partial charge in [0.1, 0.15) is 12.4 Å². The predicted molar refractivity (Wildman–Crippen MR) is 90.3 cm³/mol. The molecule has 7 heteroatoms. The van der Waals surface area contributed by atoms with Crippen LogP contribution in [0.4, 0.5) is 5.69 Å². The minimum absolute atomic E-state index is 0.0424. The SMILES string of the molecule is COCCOc1ccc(NC(=O)c2oc3c(c2C)C(=O)CCC3)cn1. The second-order valence-electron chi connectivity index (χ2n) is 5.81. The van der Waals surface area contributed by atoms with Crippen molar-refractivity contribution in [1.29, 1.82) is 0 Å². The Bertz CT molecular complexity index is 780. The number of fused-ring (bicyclic) bond motifs is 1. The van der Waals surface area contributed by atoms with Crippen molar-refractivity contribution in [2.75, 3.05) is 25.6 Å². The van der Waals surface area contributed by atoms with Crippen molar-refractivity contribution in [3.8, 4) is 5.88 Å². The lowest BCUT2D eigenvalue weighted by atomic mass is 9.94. The number of methoxy groups -OCH3 is 1. The number of rotatable bonds is 6. The van der Waals surface area contributed by atoms with Gasteiger partial charge in [-0.05, 0) is 19.4 Å². The number of furan rings is 1. The van der Waals surface area contributed by atoms with E-state index in [0.29, 0.717) is 54.5 Å². The summed E-state index contributed by atoms with van der Waals surface area (Å²) in [6.45, 7) is 2.62. The van der Waals surface area contributed by atoms with Crippen molar-refractivity contribution < 1.29 is 23.5 Å². The van der Waals surface area contributed by atoms with E-state index in [-0.39, 0.29) is 11.5 Å². The van der Waals surface area contributed by atoms with E-state index in [1.165, 1.54) is 6.20 Å². The first kappa shape index (κ1) is 17.2. The van der Waals surface area contributed by atoms with Crippen LogP contribution in [0.25, 0.3) is 0 Å². The maximum atomic E-state index is 12.5. The molecule has 0 unspecified atom stereocenters. The van der Waals surface area contributed by atoms with Crippen LogP contribution in [0, 0.1) is 6.92 Å². The molecule has 0 aliphatic heterocycles. The van der Waals surface area contributed by atoms with Crippen molar-refractivity contribution in [3.05, 3.63) is 41.0 Å². The summed E-state index contributed by atoms with van der Waals surface area (Å²) in [6, 6.07) is 3.35. The molecule has 7 nitrogen and oxygen atoms in total. The molecule has 1 N–H and O–H groups in total. The van der Waals surface area contributed by atoms with Crippen molar-refractivity contribution in [1.82, 2.24) is 4.98 Å². The summed E-state index contributed by atoms with van der Waals surface area (Å²) in [5.74, 6) is 0.889. The lowest BCUT2D eigenvalue weighted by Crippen LogP contribution is -2.13. The molecule has 0 aromatic carbocycles. The third-order valence-electron chi connectivity index (χ3n) is 4.04. The van der Waals surface area contributed by atoms with Crippen LogP contribution in [0.3, 0.4) is 0 Å². The second kappa shape index (κ2) is 7.48. The van der Waals surface area contributed by atoms with Gasteiger partial charge in [-0.3, -0.25) is 9.59 Å². The molecule has 2 aromatic heterocycles. The average molecular weight is 344 g/mol. The first-order valence-corrected chi connectivity index (χ1v) is 8.14. The fourth-order valence-electron chi connectivity index (χ4n) is 2.82. The fraction of sp³-hybridized carbons (Fsp3) is 0.389. The summed E-state index contributed by atoms with van der Waals surface area (Å²) in [5.41, 5.74) is 1.69. The first-order valence-electron chi connectivity index (χ1n) is 8.14. The molecule has 132 valence electrons. The van der Waals surface area contributed by atoms with Crippen molar-refractivity contribution >= 4 is 17.4 Å². The lowest BCUT2D eigenvalue weighted by molar-refractivity contribution is 0.0963. The maximum absolute atomic E-state index is 12.5. The highest BCUT2D eigenvalue weighted by molar-refractivity contribution is 6.07. The second-order valence-corrected chi connectivity index (χ2v) is 5.81. The van der Waals surface area contributed by atoms with E-state index >= 15 is 0 Å². The van der Waals surface area contributed by atoms with Crippen LogP contribution >= 0.6 is 0 Å². The molecular formula is C18H20N2O5. The van der Waals surface area contributed by atoms with Gasteiger partial charge in [0.05, 0.1) is 24.1 Å². The van der Waals surface area contributed by atoms with Gasteiger partial charge in [-0.15, -0.1) is 0 Å². The Balaban J connectivity index is 1.69. The number of anilines is 1. The highest BCUT2D eigenvalue weighted by Crippen LogP contribution is 2.29. The predicted octanol–water partition coefficient (Wildman–Crippen LogP) is 2.78. The molecule has 0 radical (unpaired) electrons. The van der Waals surface area contributed by atoms with Gasteiger partial charge in [-0.2, -0.15) is 0 Å². The molecule has 0 saturated carbocycles. The number of aromatic nitrogens is 1. The molecule has 0 saturated heterocycles. The Morgan fingerprint density at radius 2 is 2.16 bits per heavy atom. The van der Waals surface area contributed by atoms with Gasteiger partial charge in [0.15, 0.2) is 11.5 Å². The number of nitrogens with zero attached hydrogens (tertiary/aromatic N) is 1. The number of pyridine rings is 1. The number of ether oxygens (including phenoxy) is 2. The Labute approximate surface area is 145 Å². The summed E-state index contributed by atoms with van der Waals surface area (Å²) in [6.07, 6.45) is 3.45. The van der Waals surface area contributed by atoms with E-state index in [9.17, 15) is 9.59 Å². The van der Waals surface area contributed by atoms with Gasteiger partial charge in [0.2, 0.25) is 5.88 Å². The van der Waals surface area contributed by atoms with Gasteiger partial charge in [-0.25, -0.2) is 4.98 Å². The number of nitrogens with one attached hydrogen (secondary N) is 1. The zero-order valence-corrected chi connectivity index (χ0v) is 14.3. The van der Waals surface area contributed by atoms with Crippen molar-refractivity contribution in [2.24, 2.45) is 0 Å². The number of aryl methyl sites for hydroxylation is 1. The van der Waals surface area contributed by atoms with E-state index < -0.39 is 5.91 Å². The van der Waals surface area contributed by atoms with E-state index in [2.05, 4.69) is 10.3 Å². The zero-order valence-electron chi connectivity index (χ0n) is 14.3. The standard InChI is InChI=1S/C18H20N2O5/c1-11-16-13(21)4-3-5-14(16)25-17(11)18(22)20-12-6-7-15(19-10-12)24-9-8-23-2/h6-7,10H,3-5,8-9H2,1-2H3,(H,20,22). The fourth-order valence-corrected chi connectivity index (χ4v) is 2.82. The molecule has 0 bridgehead atoms. The van der Waals surface area contributed by atoms with Crippen LogP contribution in [0.2, 0.25) is 0 Å². The minimum atomic E-state index is -0.394. The van der Waals surface area contributed by atoms with Crippen LogP contribution in [-0.4, -0.2) is 37.0 Å². The Kier molecular flexibility index (Phi) is 5.14. The molecule has 1 aliphatic carbocycles. The quantitative estimate of drug-likeness (QED) is 0.810. The molecule has 3 rings (SSSR count). The van der Waals surface area contributed by atoms with Crippen LogP contribution < -0.4 is 10.1 Å². The highest BCUT2D eigenvalue weighted by atomic mass is 16.5. The van der Waals surface area contributed by atoms with E-state index in [4.69, 9.17) is 13.9 Å². The molecule has 0 spiro atoms. The normalized spacial score (nSPS) is 13.4. The lowest BCUT2D eigenvalue weighted by Gasteiger charge is -2.07. The van der Waals surface area contributed by atoms with E-state index in [1.807, 2.05) is 0 Å². The average Bonchev–Trinajstić information content (AvgIpc) is 2.95. The third-order valence-corrected chi connectivity index (χ3v) is 4.04. The molecule has 1 amide bonds. The monoisotopic (exact) mass is 344 g/mol. The van der Waals surface area contributed by atoms with Crippen LogP contribution in [0.5, 0.6) is 5.88 Å². The number of Topliss-reactive ketones (excluding diaryl/α,β-unsaturated/α-hetero) is 1. The topological polar surface area (TPSA) is 90.7 Å². The van der Waals surface area contributed by atoms with Crippen LogP contribution in [-0.2, 0) is 11.2 Å². The summed E-state index contributed by atoms with van der Waals surface area (Å²) in [5, 5.41) is 2.73. The summed E-state index contributed by atoms with van der Waals surface area (Å²) in [4.78, 5) is 28.6. The molecular weight excluding hydrogens is 324 g/mol. The molecule has 1 aliphatic rings. The molecule has 2 aromatic rings. The Morgan fingerprint density at radius 1 is 1.32 bits per heavy atom. The Morgan fingerprint density at radius 3 is 2.84 bits per heavy atom.